The third kappa shape index (κ3) is 5.73. The molecular formula is C10H14NO2. The number of hydrogen-bond donors (Lipinski definition) is 1. The van der Waals surface area contributed by atoms with Gasteiger partial charge in [0, 0.05) is 12.6 Å². The molecule has 1 aromatic rings. The molecule has 0 heterocycles. The van der Waals surface area contributed by atoms with E-state index in [0.29, 0.717) is 0 Å². The number of nitrogens with two attached hydrogens (primary N) is 1. The Hall–Kier alpha value is -1.51. The zero-order chi connectivity index (χ0) is 10.3. The maximum absolute atomic E-state index is 8.89. The van der Waals surface area contributed by atoms with Gasteiger partial charge in [0.1, 0.15) is 0 Å². The molecule has 3 nitrogen and oxygen atoms in total. The van der Waals surface area contributed by atoms with Crippen LogP contribution in [0.2, 0.25) is 0 Å². The van der Waals surface area contributed by atoms with Crippen molar-refractivity contribution in [3.05, 3.63) is 29.8 Å². The third-order valence-corrected chi connectivity index (χ3v) is 1.44. The lowest BCUT2D eigenvalue weighted by Crippen LogP contribution is -1.90. The van der Waals surface area contributed by atoms with Crippen molar-refractivity contribution in [3.8, 4) is 0 Å². The minimum Gasteiger partial charge on any atom is -0.399 e. The molecule has 0 amide bonds. The molecule has 0 spiro atoms. The summed E-state index contributed by atoms with van der Waals surface area (Å²) in [6.07, 6.45) is 1.02. The van der Waals surface area contributed by atoms with Crippen molar-refractivity contribution in [3.63, 3.8) is 0 Å². The van der Waals surface area contributed by atoms with Crippen molar-refractivity contribution in [2.24, 2.45) is 0 Å². The number of anilines is 1. The number of para-hydroxylation sites is 1. The summed E-state index contributed by atoms with van der Waals surface area (Å²) in [7, 11) is 0. The van der Waals surface area contributed by atoms with Gasteiger partial charge < -0.3 is 5.73 Å². The Labute approximate surface area is 78.2 Å². The second-order valence-electron chi connectivity index (χ2n) is 2.54. The van der Waals surface area contributed by atoms with Crippen LogP contribution in [-0.2, 0) is 16.3 Å². The fourth-order valence-corrected chi connectivity index (χ4v) is 0.856. The largest absolute Gasteiger partial charge is 0.399 e. The molecule has 0 saturated heterocycles. The van der Waals surface area contributed by atoms with E-state index in [-0.39, 0.29) is 0 Å². The SMILES string of the molecule is CC([O])=O.CCc1ccccc1N. The van der Waals surface area contributed by atoms with Crippen molar-refractivity contribution in [2.45, 2.75) is 20.3 Å². The fraction of sp³-hybridized carbons (Fsp3) is 0.300. The summed E-state index contributed by atoms with van der Waals surface area (Å²) in [5, 5.41) is 8.89. The maximum atomic E-state index is 8.89. The number of benzene rings is 1. The lowest BCUT2D eigenvalue weighted by Gasteiger charge is -1.98. The van der Waals surface area contributed by atoms with Crippen LogP contribution in [0, 0.1) is 0 Å². The van der Waals surface area contributed by atoms with E-state index >= 15 is 0 Å². The zero-order valence-corrected chi connectivity index (χ0v) is 7.91. The molecule has 1 rings (SSSR count). The number of aryl methyl sites for hydroxylation is 1. The molecule has 0 aliphatic carbocycles. The van der Waals surface area contributed by atoms with Crippen LogP contribution in [0.25, 0.3) is 0 Å². The summed E-state index contributed by atoms with van der Waals surface area (Å²) < 4.78 is 0. The van der Waals surface area contributed by atoms with E-state index in [4.69, 9.17) is 15.6 Å². The summed E-state index contributed by atoms with van der Waals surface area (Å²) in [6, 6.07) is 7.94. The van der Waals surface area contributed by atoms with Crippen LogP contribution < -0.4 is 5.73 Å². The Bertz CT molecular complexity index is 267. The Morgan fingerprint density at radius 3 is 2.15 bits per heavy atom. The van der Waals surface area contributed by atoms with Crippen molar-refractivity contribution >= 4 is 11.7 Å². The van der Waals surface area contributed by atoms with Gasteiger partial charge in [-0.15, -0.1) is 0 Å². The first-order valence-corrected chi connectivity index (χ1v) is 4.08. The predicted molar refractivity (Wildman–Crippen MR) is 51.6 cm³/mol. The van der Waals surface area contributed by atoms with Crippen LogP contribution in [0.15, 0.2) is 24.3 Å². The van der Waals surface area contributed by atoms with Gasteiger partial charge in [-0.05, 0) is 18.1 Å². The van der Waals surface area contributed by atoms with Gasteiger partial charge in [0.15, 0.2) is 0 Å². The minimum absolute atomic E-state index is 0.903. The van der Waals surface area contributed by atoms with Crippen LogP contribution in [0.1, 0.15) is 19.4 Å². The van der Waals surface area contributed by atoms with Gasteiger partial charge in [0.25, 0.3) is 0 Å². The number of rotatable bonds is 1. The molecule has 71 valence electrons. The summed E-state index contributed by atoms with van der Waals surface area (Å²) in [5.74, 6) is -1.08. The highest BCUT2D eigenvalue weighted by Gasteiger charge is 1.90. The highest BCUT2D eigenvalue weighted by Crippen LogP contribution is 2.09. The molecule has 1 radical (unpaired) electrons. The van der Waals surface area contributed by atoms with Gasteiger partial charge in [-0.3, -0.25) is 0 Å². The van der Waals surface area contributed by atoms with E-state index < -0.39 is 5.97 Å². The van der Waals surface area contributed by atoms with Crippen molar-refractivity contribution < 1.29 is 9.90 Å². The highest BCUT2D eigenvalue weighted by molar-refractivity contribution is 5.62. The summed E-state index contributed by atoms with van der Waals surface area (Å²) in [4.78, 5) is 8.89. The molecule has 0 fully saturated rings. The maximum Gasteiger partial charge on any atom is 0.352 e. The van der Waals surface area contributed by atoms with Gasteiger partial charge in [-0.25, -0.2) is 9.90 Å². The van der Waals surface area contributed by atoms with Gasteiger partial charge in [0.05, 0.1) is 0 Å². The summed E-state index contributed by atoms with van der Waals surface area (Å²) >= 11 is 0. The van der Waals surface area contributed by atoms with E-state index in [1.807, 2.05) is 18.2 Å². The molecule has 2 N–H and O–H groups in total. The van der Waals surface area contributed by atoms with E-state index in [0.717, 1.165) is 19.0 Å². The minimum atomic E-state index is -1.08. The first-order valence-electron chi connectivity index (χ1n) is 4.08. The Balaban J connectivity index is 0.000000310. The first kappa shape index (κ1) is 11.5. The molecule has 13 heavy (non-hydrogen) atoms. The molecule has 0 atom stereocenters. The average Bonchev–Trinajstić information content (AvgIpc) is 2.04. The molecule has 0 bridgehead atoms. The molecule has 0 aliphatic heterocycles. The van der Waals surface area contributed by atoms with E-state index in [1.54, 1.807) is 0 Å². The molecular weight excluding hydrogens is 166 g/mol. The lowest BCUT2D eigenvalue weighted by molar-refractivity contribution is -0.140. The van der Waals surface area contributed by atoms with Gasteiger partial charge >= 0.3 is 5.97 Å². The number of nitrogen functional groups attached to an aromatic ring is 1. The molecule has 0 aromatic heterocycles. The predicted octanol–water partition coefficient (Wildman–Crippen LogP) is 1.79. The molecule has 0 unspecified atom stereocenters. The van der Waals surface area contributed by atoms with Gasteiger partial charge in [-0.1, -0.05) is 25.1 Å². The van der Waals surface area contributed by atoms with E-state index in [9.17, 15) is 0 Å². The van der Waals surface area contributed by atoms with Crippen LogP contribution in [0.4, 0.5) is 5.69 Å². The van der Waals surface area contributed by atoms with Crippen molar-refractivity contribution in [1.82, 2.24) is 0 Å². The Kier molecular flexibility index (Phi) is 5.35. The standard InChI is InChI=1S/C8H11N.C2H3O2/c1-2-7-5-3-4-6-8(7)9;1-2(3)4/h3-6H,2,9H2,1H3;1H3. The van der Waals surface area contributed by atoms with E-state index in [2.05, 4.69) is 13.0 Å². The highest BCUT2D eigenvalue weighted by atomic mass is 16.4. The molecule has 0 aliphatic rings. The molecule has 1 aromatic carbocycles. The summed E-state index contributed by atoms with van der Waals surface area (Å²) in [6.45, 7) is 3.08. The van der Waals surface area contributed by atoms with Gasteiger partial charge in [0.2, 0.25) is 0 Å². The van der Waals surface area contributed by atoms with Crippen LogP contribution >= 0.6 is 0 Å². The number of hydrogen-bond acceptors (Lipinski definition) is 2. The normalized spacial score (nSPS) is 8.46. The van der Waals surface area contributed by atoms with Gasteiger partial charge in [-0.2, -0.15) is 0 Å². The second kappa shape index (κ2) is 6.06. The Morgan fingerprint density at radius 1 is 1.38 bits per heavy atom. The molecule has 3 heteroatoms. The van der Waals surface area contributed by atoms with Crippen molar-refractivity contribution in [2.75, 3.05) is 5.73 Å². The van der Waals surface area contributed by atoms with Crippen LogP contribution in [0.5, 0.6) is 0 Å². The summed E-state index contributed by atoms with van der Waals surface area (Å²) in [5.41, 5.74) is 7.77. The Morgan fingerprint density at radius 2 is 1.85 bits per heavy atom. The quantitative estimate of drug-likeness (QED) is 0.670. The lowest BCUT2D eigenvalue weighted by atomic mass is 10.1. The average molecular weight is 180 g/mol. The van der Waals surface area contributed by atoms with E-state index in [1.165, 1.54) is 5.56 Å². The van der Waals surface area contributed by atoms with Crippen LogP contribution in [-0.4, -0.2) is 5.97 Å². The number of carbonyl (C=O) groups excluding carboxylic acids is 1. The monoisotopic (exact) mass is 180 g/mol. The number of carbonyl (C=O) groups is 1. The second-order valence-corrected chi connectivity index (χ2v) is 2.54. The van der Waals surface area contributed by atoms with Crippen molar-refractivity contribution in [1.29, 1.82) is 0 Å². The first-order chi connectivity index (χ1) is 6.07. The molecule has 0 saturated carbocycles. The fourth-order valence-electron chi connectivity index (χ4n) is 0.856. The smallest absolute Gasteiger partial charge is 0.352 e. The topological polar surface area (TPSA) is 63.0 Å². The van der Waals surface area contributed by atoms with Crippen LogP contribution in [0.3, 0.4) is 0 Å². The zero-order valence-electron chi connectivity index (χ0n) is 7.91. The third-order valence-electron chi connectivity index (χ3n) is 1.44.